The first kappa shape index (κ1) is 19.9. The molecule has 0 aromatic carbocycles. The molecule has 4 aliphatic rings. The quantitative estimate of drug-likeness (QED) is 0.660. The lowest BCUT2D eigenvalue weighted by Crippen LogP contribution is -2.56. The summed E-state index contributed by atoms with van der Waals surface area (Å²) in [6.45, 7) is 6.14. The molecule has 5 rings (SSSR count). The number of amides is 1. The first-order chi connectivity index (χ1) is 13.4. The maximum Gasteiger partial charge on any atom is 0.348 e. The van der Waals surface area contributed by atoms with Gasteiger partial charge in [-0.25, -0.2) is 4.79 Å². The molecule has 4 bridgehead atoms. The molecule has 0 spiro atoms. The Hall–Kier alpha value is -1.36. The number of hydrogen-bond acceptors (Lipinski definition) is 4. The number of carbonyl (C=O) groups excluding carboxylic acids is 2. The third-order valence-electron chi connectivity index (χ3n) is 7.46. The lowest BCUT2D eigenvalue weighted by Gasteiger charge is -2.59. The zero-order chi connectivity index (χ0) is 19.9. The van der Waals surface area contributed by atoms with Gasteiger partial charge >= 0.3 is 5.97 Å². The minimum atomic E-state index is -0.381. The molecule has 0 saturated heterocycles. The molecule has 1 amide bonds. The van der Waals surface area contributed by atoms with Crippen LogP contribution in [0.5, 0.6) is 0 Å². The van der Waals surface area contributed by atoms with Crippen molar-refractivity contribution in [2.75, 3.05) is 6.61 Å². The molecule has 0 unspecified atom stereocenters. The predicted molar refractivity (Wildman–Crippen MR) is 112 cm³/mol. The first-order valence-corrected chi connectivity index (χ1v) is 11.8. The van der Waals surface area contributed by atoms with E-state index in [4.69, 9.17) is 4.74 Å². The van der Waals surface area contributed by atoms with E-state index < -0.39 is 0 Å². The highest BCUT2D eigenvalue weighted by atomic mass is 32.1. The summed E-state index contributed by atoms with van der Waals surface area (Å²) in [4.78, 5) is 26.6. The Labute approximate surface area is 172 Å². The Morgan fingerprint density at radius 3 is 2.39 bits per heavy atom. The Bertz CT molecular complexity index is 718. The van der Waals surface area contributed by atoms with Crippen LogP contribution in [0, 0.1) is 30.1 Å². The summed E-state index contributed by atoms with van der Waals surface area (Å²) in [6, 6.07) is 2.08. The number of esters is 1. The molecule has 154 valence electrons. The van der Waals surface area contributed by atoms with Gasteiger partial charge in [-0.15, -0.1) is 11.3 Å². The zero-order valence-electron chi connectivity index (χ0n) is 17.4. The third kappa shape index (κ3) is 3.87. The van der Waals surface area contributed by atoms with Crippen molar-refractivity contribution in [1.82, 2.24) is 5.32 Å². The molecular formula is C23H33NO3S. The lowest BCUT2D eigenvalue weighted by atomic mass is 9.48. The van der Waals surface area contributed by atoms with Crippen LogP contribution < -0.4 is 5.32 Å². The van der Waals surface area contributed by atoms with E-state index in [2.05, 4.69) is 19.2 Å². The van der Waals surface area contributed by atoms with Crippen LogP contribution in [0.3, 0.4) is 0 Å². The summed E-state index contributed by atoms with van der Waals surface area (Å²) in [5, 5.41) is 3.17. The van der Waals surface area contributed by atoms with Crippen molar-refractivity contribution >= 4 is 23.2 Å². The van der Waals surface area contributed by atoms with E-state index in [9.17, 15) is 9.59 Å². The third-order valence-corrected chi connectivity index (χ3v) is 8.53. The fraction of sp³-hybridized carbons (Fsp3) is 0.739. The molecule has 4 fully saturated rings. The summed E-state index contributed by atoms with van der Waals surface area (Å²) in [5.74, 6) is 2.04. The average molecular weight is 404 g/mol. The van der Waals surface area contributed by atoms with E-state index in [0.29, 0.717) is 4.88 Å². The number of rotatable bonds is 7. The Kier molecular flexibility index (Phi) is 5.56. The van der Waals surface area contributed by atoms with Gasteiger partial charge in [-0.1, -0.05) is 13.3 Å². The normalized spacial score (nSPS) is 31.6. The van der Waals surface area contributed by atoms with E-state index in [1.54, 1.807) is 0 Å². The van der Waals surface area contributed by atoms with Gasteiger partial charge in [0.25, 0.3) is 5.91 Å². The molecule has 28 heavy (non-hydrogen) atoms. The van der Waals surface area contributed by atoms with Gasteiger partial charge in [-0.3, -0.25) is 4.79 Å². The molecule has 4 saturated carbocycles. The van der Waals surface area contributed by atoms with Gasteiger partial charge in [0.05, 0.1) is 0 Å². The average Bonchev–Trinajstić information content (AvgIpc) is 3.00. The minimum Gasteiger partial charge on any atom is -0.451 e. The van der Waals surface area contributed by atoms with E-state index in [-0.39, 0.29) is 29.9 Å². The van der Waals surface area contributed by atoms with E-state index >= 15 is 0 Å². The van der Waals surface area contributed by atoms with Gasteiger partial charge in [0.2, 0.25) is 0 Å². The molecular weight excluding hydrogens is 370 g/mol. The second-order valence-corrected chi connectivity index (χ2v) is 10.8. The SMILES string of the molecule is CCCc1cc(C(=O)OCC(=O)N[C@H](C)C23CC4CC(CC(C4)C2)C3)sc1C. The highest BCUT2D eigenvalue weighted by molar-refractivity contribution is 7.14. The van der Waals surface area contributed by atoms with Crippen molar-refractivity contribution in [2.45, 2.75) is 78.2 Å². The fourth-order valence-corrected chi connectivity index (χ4v) is 7.45. The molecule has 0 radical (unpaired) electrons. The summed E-state index contributed by atoms with van der Waals surface area (Å²) in [7, 11) is 0. The van der Waals surface area contributed by atoms with Crippen molar-refractivity contribution in [3.05, 3.63) is 21.4 Å². The number of hydrogen-bond donors (Lipinski definition) is 1. The monoisotopic (exact) mass is 403 g/mol. The number of carbonyl (C=O) groups is 2. The predicted octanol–water partition coefficient (Wildman–Crippen LogP) is 4.89. The van der Waals surface area contributed by atoms with Crippen LogP contribution in [-0.2, 0) is 16.0 Å². The van der Waals surface area contributed by atoms with Gasteiger partial charge in [-0.05, 0) is 93.6 Å². The number of ether oxygens (including phenoxy) is 1. The number of aryl methyl sites for hydroxylation is 2. The summed E-state index contributed by atoms with van der Waals surface area (Å²) < 4.78 is 5.32. The van der Waals surface area contributed by atoms with Crippen LogP contribution in [0.1, 0.15) is 78.9 Å². The van der Waals surface area contributed by atoms with Crippen LogP contribution in [0.2, 0.25) is 0 Å². The molecule has 0 aliphatic heterocycles. The fourth-order valence-electron chi connectivity index (χ4n) is 6.48. The van der Waals surface area contributed by atoms with Gasteiger partial charge in [0, 0.05) is 10.9 Å². The van der Waals surface area contributed by atoms with Gasteiger partial charge in [0.15, 0.2) is 6.61 Å². The summed E-state index contributed by atoms with van der Waals surface area (Å²) in [6.07, 6.45) is 10.0. The smallest absolute Gasteiger partial charge is 0.348 e. The van der Waals surface area contributed by atoms with Crippen LogP contribution >= 0.6 is 11.3 Å². The molecule has 1 N–H and O–H groups in total. The van der Waals surface area contributed by atoms with E-state index in [0.717, 1.165) is 35.5 Å². The summed E-state index contributed by atoms with van der Waals surface area (Å²) in [5.41, 5.74) is 1.48. The van der Waals surface area contributed by atoms with Gasteiger partial charge in [-0.2, -0.15) is 0 Å². The van der Waals surface area contributed by atoms with E-state index in [1.165, 1.54) is 55.4 Å². The zero-order valence-corrected chi connectivity index (χ0v) is 18.2. The second-order valence-electron chi connectivity index (χ2n) is 9.59. The molecule has 1 aromatic heterocycles. The molecule has 4 aliphatic carbocycles. The Morgan fingerprint density at radius 2 is 1.82 bits per heavy atom. The van der Waals surface area contributed by atoms with Crippen LogP contribution in [0.25, 0.3) is 0 Å². The molecule has 1 aromatic rings. The largest absolute Gasteiger partial charge is 0.451 e. The Balaban J connectivity index is 1.30. The van der Waals surface area contributed by atoms with Crippen molar-refractivity contribution in [3.8, 4) is 0 Å². The molecule has 1 heterocycles. The van der Waals surface area contributed by atoms with Crippen LogP contribution in [-0.4, -0.2) is 24.5 Å². The topological polar surface area (TPSA) is 55.4 Å². The second kappa shape index (κ2) is 7.81. The van der Waals surface area contributed by atoms with Crippen molar-refractivity contribution in [2.24, 2.45) is 23.2 Å². The maximum absolute atomic E-state index is 12.5. The lowest BCUT2D eigenvalue weighted by molar-refractivity contribution is -0.128. The van der Waals surface area contributed by atoms with Crippen molar-refractivity contribution in [1.29, 1.82) is 0 Å². The van der Waals surface area contributed by atoms with Crippen LogP contribution in [0.4, 0.5) is 0 Å². The highest BCUT2D eigenvalue weighted by Gasteiger charge is 2.53. The highest BCUT2D eigenvalue weighted by Crippen LogP contribution is 2.61. The van der Waals surface area contributed by atoms with Gasteiger partial charge < -0.3 is 10.1 Å². The van der Waals surface area contributed by atoms with Crippen LogP contribution in [0.15, 0.2) is 6.07 Å². The maximum atomic E-state index is 12.5. The number of nitrogens with one attached hydrogen (secondary N) is 1. The van der Waals surface area contributed by atoms with E-state index in [1.807, 2.05) is 13.0 Å². The van der Waals surface area contributed by atoms with Gasteiger partial charge in [0.1, 0.15) is 4.88 Å². The summed E-state index contributed by atoms with van der Waals surface area (Å²) >= 11 is 1.46. The van der Waals surface area contributed by atoms with Crippen molar-refractivity contribution < 1.29 is 14.3 Å². The molecule has 1 atom stereocenters. The Morgan fingerprint density at radius 1 is 1.21 bits per heavy atom. The first-order valence-electron chi connectivity index (χ1n) is 10.9. The standard InChI is InChI=1S/C23H33NO3S/c1-4-5-19-9-20(28-14(19)2)22(26)27-13-21(25)24-15(3)23-10-16-6-17(11-23)8-18(7-16)12-23/h9,15-18H,4-8,10-13H2,1-3H3,(H,24,25)/t15-,16?,17?,18?,23?/m1/s1. The number of thiophene rings is 1. The minimum absolute atomic E-state index is 0.159. The van der Waals surface area contributed by atoms with Crippen molar-refractivity contribution in [3.63, 3.8) is 0 Å². The molecule has 4 nitrogen and oxygen atoms in total. The molecule has 5 heteroatoms.